The van der Waals surface area contributed by atoms with E-state index in [2.05, 4.69) is 15.6 Å². The molecule has 3 amide bonds. The zero-order valence-corrected chi connectivity index (χ0v) is 19.2. The number of nitrogens with one attached hydrogen (secondary N) is 2. The van der Waals surface area contributed by atoms with Gasteiger partial charge in [-0.3, -0.25) is 19.5 Å². The molecular formula is C22H23FN4O3S2. The van der Waals surface area contributed by atoms with Crippen molar-refractivity contribution < 1.29 is 14.0 Å². The number of urea groups is 1. The van der Waals surface area contributed by atoms with Crippen molar-refractivity contribution >= 4 is 45.3 Å². The highest BCUT2D eigenvalue weighted by atomic mass is 32.2. The van der Waals surface area contributed by atoms with Crippen molar-refractivity contribution in [3.8, 4) is 5.69 Å². The van der Waals surface area contributed by atoms with Gasteiger partial charge in [-0.25, -0.2) is 14.2 Å². The van der Waals surface area contributed by atoms with Crippen LogP contribution >= 0.6 is 23.1 Å². The number of nitrogens with zero attached hydrogens (tertiary/aromatic N) is 2. The van der Waals surface area contributed by atoms with Crippen molar-refractivity contribution in [2.24, 2.45) is 0 Å². The molecule has 2 aromatic heterocycles. The summed E-state index contributed by atoms with van der Waals surface area (Å²) in [6, 6.07) is 5.44. The third kappa shape index (κ3) is 4.56. The van der Waals surface area contributed by atoms with E-state index in [1.165, 1.54) is 28.0 Å². The molecule has 10 heteroatoms. The number of amides is 3. The maximum atomic E-state index is 14.7. The van der Waals surface area contributed by atoms with Gasteiger partial charge in [-0.05, 0) is 49.8 Å². The van der Waals surface area contributed by atoms with Crippen LogP contribution in [0.1, 0.15) is 36.6 Å². The molecule has 1 aliphatic rings. The fourth-order valence-corrected chi connectivity index (χ4v) is 5.81. The van der Waals surface area contributed by atoms with Gasteiger partial charge in [-0.2, -0.15) is 0 Å². The minimum atomic E-state index is -0.571. The van der Waals surface area contributed by atoms with Crippen LogP contribution in [0.2, 0.25) is 0 Å². The molecule has 2 N–H and O–H groups in total. The molecule has 7 nitrogen and oxygen atoms in total. The van der Waals surface area contributed by atoms with Gasteiger partial charge in [-0.15, -0.1) is 11.3 Å². The number of thioether (sulfide) groups is 1. The van der Waals surface area contributed by atoms with Gasteiger partial charge in [0, 0.05) is 11.4 Å². The van der Waals surface area contributed by atoms with Crippen LogP contribution in [0.25, 0.3) is 15.9 Å². The minimum Gasteiger partial charge on any atom is -0.338 e. The number of thiophene rings is 1. The van der Waals surface area contributed by atoms with E-state index in [9.17, 15) is 18.8 Å². The standard InChI is InChI=1S/C22H23FN4O3S2/c1-2-11-24-21(30)25-17(28)12-31-22-26-19-18(13-7-3-6-10-16(13)32-19)20(29)27(22)15-9-5-4-8-14(15)23/h4-5,8-9H,2-3,6-7,10-12H2,1H3,(H2,24,25,28,30). The molecule has 1 aromatic carbocycles. The van der Waals surface area contributed by atoms with Crippen LogP contribution in [0.5, 0.6) is 0 Å². The number of carbonyl (C=O) groups excluding carboxylic acids is 2. The van der Waals surface area contributed by atoms with Crippen LogP contribution in [0, 0.1) is 5.82 Å². The maximum Gasteiger partial charge on any atom is 0.321 e. The van der Waals surface area contributed by atoms with Gasteiger partial charge in [0.15, 0.2) is 5.16 Å². The molecule has 0 spiro atoms. The SMILES string of the molecule is CCCNC(=O)NC(=O)CSc1nc2sc3c(c2c(=O)n1-c1ccccc1F)CCCC3. The predicted molar refractivity (Wildman–Crippen MR) is 124 cm³/mol. The second-order valence-electron chi connectivity index (χ2n) is 7.47. The molecule has 2 heterocycles. The monoisotopic (exact) mass is 474 g/mol. The Morgan fingerprint density at radius 3 is 2.81 bits per heavy atom. The lowest BCUT2D eigenvalue weighted by atomic mass is 9.97. The summed E-state index contributed by atoms with van der Waals surface area (Å²) in [7, 11) is 0. The van der Waals surface area contributed by atoms with Crippen molar-refractivity contribution in [2.75, 3.05) is 12.3 Å². The summed E-state index contributed by atoms with van der Waals surface area (Å²) in [5, 5.41) is 5.58. The van der Waals surface area contributed by atoms with E-state index < -0.39 is 17.8 Å². The van der Waals surface area contributed by atoms with Crippen molar-refractivity contribution in [1.82, 2.24) is 20.2 Å². The summed E-state index contributed by atoms with van der Waals surface area (Å²) in [5.41, 5.74) is 0.773. The molecule has 0 atom stereocenters. The topological polar surface area (TPSA) is 93.1 Å². The van der Waals surface area contributed by atoms with Crippen LogP contribution in [0.4, 0.5) is 9.18 Å². The van der Waals surface area contributed by atoms with Gasteiger partial charge >= 0.3 is 6.03 Å². The fraction of sp³-hybridized carbons (Fsp3) is 0.364. The highest BCUT2D eigenvalue weighted by Gasteiger charge is 2.24. The molecule has 3 aromatic rings. The lowest BCUT2D eigenvalue weighted by molar-refractivity contribution is -0.117. The second-order valence-corrected chi connectivity index (χ2v) is 9.50. The third-order valence-corrected chi connectivity index (χ3v) is 7.30. The van der Waals surface area contributed by atoms with E-state index in [0.717, 1.165) is 54.3 Å². The smallest absolute Gasteiger partial charge is 0.321 e. The van der Waals surface area contributed by atoms with Crippen LogP contribution < -0.4 is 16.2 Å². The fourth-order valence-electron chi connectivity index (χ4n) is 3.70. The van der Waals surface area contributed by atoms with Gasteiger partial charge in [0.25, 0.3) is 5.56 Å². The van der Waals surface area contributed by atoms with Crippen molar-refractivity contribution in [2.45, 2.75) is 44.2 Å². The van der Waals surface area contributed by atoms with E-state index in [0.29, 0.717) is 16.8 Å². The highest BCUT2D eigenvalue weighted by Crippen LogP contribution is 2.35. The molecule has 0 fully saturated rings. The number of fused-ring (bicyclic) bond motifs is 3. The predicted octanol–water partition coefficient (Wildman–Crippen LogP) is 3.79. The van der Waals surface area contributed by atoms with E-state index in [1.807, 2.05) is 6.92 Å². The molecule has 4 rings (SSSR count). The van der Waals surface area contributed by atoms with E-state index in [4.69, 9.17) is 0 Å². The van der Waals surface area contributed by atoms with E-state index >= 15 is 0 Å². The molecule has 0 aliphatic heterocycles. The summed E-state index contributed by atoms with van der Waals surface area (Å²) in [4.78, 5) is 43.9. The molecule has 0 bridgehead atoms. The molecule has 32 heavy (non-hydrogen) atoms. The van der Waals surface area contributed by atoms with E-state index in [-0.39, 0.29) is 22.2 Å². The van der Waals surface area contributed by atoms with Gasteiger partial charge < -0.3 is 5.32 Å². The van der Waals surface area contributed by atoms with Crippen LogP contribution in [-0.4, -0.2) is 33.8 Å². The molecule has 0 saturated carbocycles. The molecule has 0 unspecified atom stereocenters. The van der Waals surface area contributed by atoms with Crippen LogP contribution in [0.15, 0.2) is 34.2 Å². The summed E-state index contributed by atoms with van der Waals surface area (Å²) in [6.45, 7) is 2.37. The summed E-state index contributed by atoms with van der Waals surface area (Å²) < 4.78 is 15.9. The maximum absolute atomic E-state index is 14.7. The first-order chi connectivity index (χ1) is 15.5. The highest BCUT2D eigenvalue weighted by molar-refractivity contribution is 7.99. The Morgan fingerprint density at radius 2 is 2.03 bits per heavy atom. The Hall–Kier alpha value is -2.72. The third-order valence-electron chi connectivity index (χ3n) is 5.17. The van der Waals surface area contributed by atoms with Gasteiger partial charge in [0.2, 0.25) is 5.91 Å². The summed E-state index contributed by atoms with van der Waals surface area (Å²) >= 11 is 2.49. The van der Waals surface area contributed by atoms with Crippen molar-refractivity contribution in [3.63, 3.8) is 0 Å². The first-order valence-electron chi connectivity index (χ1n) is 10.5. The first kappa shape index (κ1) is 22.5. The summed E-state index contributed by atoms with van der Waals surface area (Å²) in [6.07, 6.45) is 4.55. The Morgan fingerprint density at radius 1 is 1.25 bits per heavy atom. The van der Waals surface area contributed by atoms with Gasteiger partial charge in [0.05, 0.1) is 16.8 Å². The Balaban J connectivity index is 1.72. The number of rotatable bonds is 6. The lowest BCUT2D eigenvalue weighted by Crippen LogP contribution is -2.40. The number of imide groups is 1. The quantitative estimate of drug-likeness (QED) is 0.419. The van der Waals surface area contributed by atoms with Crippen LogP contribution in [0.3, 0.4) is 0 Å². The number of carbonyl (C=O) groups is 2. The summed E-state index contributed by atoms with van der Waals surface area (Å²) in [5.74, 6) is -1.22. The number of para-hydroxylation sites is 1. The molecular weight excluding hydrogens is 451 g/mol. The minimum absolute atomic E-state index is 0.0891. The average Bonchev–Trinajstić information content (AvgIpc) is 3.16. The largest absolute Gasteiger partial charge is 0.338 e. The number of benzene rings is 1. The molecule has 0 saturated heterocycles. The van der Waals surface area contributed by atoms with Crippen molar-refractivity contribution in [3.05, 3.63) is 50.9 Å². The number of hydrogen-bond donors (Lipinski definition) is 2. The molecule has 1 aliphatic carbocycles. The zero-order valence-electron chi connectivity index (χ0n) is 17.6. The normalized spacial score (nSPS) is 13.1. The van der Waals surface area contributed by atoms with Gasteiger partial charge in [0.1, 0.15) is 10.6 Å². The van der Waals surface area contributed by atoms with E-state index in [1.54, 1.807) is 12.1 Å². The average molecular weight is 475 g/mol. The second kappa shape index (κ2) is 9.83. The molecule has 0 radical (unpaired) electrons. The first-order valence-corrected chi connectivity index (χ1v) is 12.3. The number of hydrogen-bond acceptors (Lipinski definition) is 6. The van der Waals surface area contributed by atoms with Crippen molar-refractivity contribution in [1.29, 1.82) is 0 Å². The number of aromatic nitrogens is 2. The lowest BCUT2D eigenvalue weighted by Gasteiger charge is -2.14. The number of halogens is 1. The number of aryl methyl sites for hydroxylation is 2. The Bertz CT molecular complexity index is 1240. The zero-order chi connectivity index (χ0) is 22.7. The Labute approximate surface area is 192 Å². The van der Waals surface area contributed by atoms with Crippen LogP contribution in [-0.2, 0) is 17.6 Å². The Kier molecular flexibility index (Phi) is 6.90. The molecule has 168 valence electrons. The van der Waals surface area contributed by atoms with Gasteiger partial charge in [-0.1, -0.05) is 30.8 Å².